The maximum Gasteiger partial charge on any atom is 0.326 e. The maximum atomic E-state index is 12.7. The van der Waals surface area contributed by atoms with Crippen LogP contribution < -0.4 is 4.90 Å². The molecule has 2 atom stereocenters. The molecule has 148 valence electrons. The zero-order valence-electron chi connectivity index (χ0n) is 14.8. The van der Waals surface area contributed by atoms with Crippen molar-refractivity contribution in [2.24, 2.45) is 0 Å². The lowest BCUT2D eigenvalue weighted by Crippen LogP contribution is -2.40. The van der Waals surface area contributed by atoms with Crippen LogP contribution >= 0.6 is 22.7 Å². The highest BCUT2D eigenvalue weighted by Gasteiger charge is 2.36. The average molecular weight is 422 g/mol. The number of carbonyl (C=O) groups excluding carboxylic acids is 1. The van der Waals surface area contributed by atoms with Crippen molar-refractivity contribution in [3.05, 3.63) is 16.5 Å². The number of amides is 1. The van der Waals surface area contributed by atoms with Crippen molar-refractivity contribution in [3.8, 4) is 10.0 Å². The van der Waals surface area contributed by atoms with Gasteiger partial charge in [-0.05, 0) is 25.7 Å². The fourth-order valence-corrected chi connectivity index (χ4v) is 5.34. The van der Waals surface area contributed by atoms with Crippen molar-refractivity contribution >= 4 is 46.3 Å². The second-order valence-electron chi connectivity index (χ2n) is 6.73. The molecular weight excluding hydrogens is 404 g/mol. The molecule has 11 heteroatoms. The second-order valence-corrected chi connectivity index (χ2v) is 8.45. The number of likely N-dealkylation sites (tertiary alicyclic amines) is 1. The Hall–Kier alpha value is -2.53. The molecule has 4 heterocycles. The van der Waals surface area contributed by atoms with E-state index in [-0.39, 0.29) is 11.6 Å². The number of aliphatic carboxylic acids is 2. The first-order valence-corrected chi connectivity index (χ1v) is 10.7. The first-order valence-electron chi connectivity index (χ1n) is 8.90. The number of nitrogens with zero attached hydrogens (tertiary/aromatic N) is 4. The Bertz CT molecular complexity index is 926. The molecular formula is C17H18N4O5S2. The quantitative estimate of drug-likeness (QED) is 0.750. The molecule has 2 aromatic rings. The summed E-state index contributed by atoms with van der Waals surface area (Å²) in [5, 5.41) is 23.2. The van der Waals surface area contributed by atoms with Crippen molar-refractivity contribution in [3.63, 3.8) is 0 Å². The molecule has 0 radical (unpaired) electrons. The zero-order chi connectivity index (χ0) is 19.8. The Morgan fingerprint density at radius 2 is 1.57 bits per heavy atom. The normalized spacial score (nSPS) is 22.0. The van der Waals surface area contributed by atoms with Crippen molar-refractivity contribution in [2.75, 3.05) is 18.0 Å². The summed E-state index contributed by atoms with van der Waals surface area (Å²) in [5.74, 6) is -1.62. The minimum absolute atomic E-state index is 0.217. The summed E-state index contributed by atoms with van der Waals surface area (Å²) < 4.78 is 0. The minimum atomic E-state index is -0.996. The Labute approximate surface area is 168 Å². The molecule has 4 rings (SSSR count). The highest BCUT2D eigenvalue weighted by Crippen LogP contribution is 2.33. The van der Waals surface area contributed by atoms with E-state index in [1.165, 1.54) is 27.6 Å². The van der Waals surface area contributed by atoms with Gasteiger partial charge in [-0.25, -0.2) is 19.6 Å². The van der Waals surface area contributed by atoms with Crippen LogP contribution in [0.2, 0.25) is 0 Å². The van der Waals surface area contributed by atoms with E-state index in [1.54, 1.807) is 15.7 Å². The minimum Gasteiger partial charge on any atom is -0.480 e. The number of hydrogen-bond donors (Lipinski definition) is 2. The topological polar surface area (TPSA) is 124 Å². The van der Waals surface area contributed by atoms with Gasteiger partial charge in [-0.15, -0.1) is 22.7 Å². The summed E-state index contributed by atoms with van der Waals surface area (Å²) in [6, 6.07) is -1.36. The lowest BCUT2D eigenvalue weighted by molar-refractivity contribution is -0.141. The van der Waals surface area contributed by atoms with Gasteiger partial charge >= 0.3 is 11.9 Å². The van der Waals surface area contributed by atoms with Crippen molar-refractivity contribution in [1.82, 2.24) is 14.9 Å². The van der Waals surface area contributed by atoms with Crippen LogP contribution in [0.1, 0.15) is 36.2 Å². The molecule has 0 spiro atoms. The van der Waals surface area contributed by atoms with Gasteiger partial charge in [0.1, 0.15) is 23.6 Å². The summed E-state index contributed by atoms with van der Waals surface area (Å²) in [6.45, 7) is 1.06. The molecule has 1 amide bonds. The molecule has 2 fully saturated rings. The Kier molecular flexibility index (Phi) is 5.02. The molecule has 0 bridgehead atoms. The van der Waals surface area contributed by atoms with E-state index < -0.39 is 24.0 Å². The van der Waals surface area contributed by atoms with Crippen LogP contribution in [0.4, 0.5) is 5.82 Å². The fourth-order valence-electron chi connectivity index (χ4n) is 3.68. The number of carboxylic acid groups (broad SMARTS) is 2. The summed E-state index contributed by atoms with van der Waals surface area (Å²) in [7, 11) is 0. The molecule has 0 unspecified atom stereocenters. The number of thiazole rings is 2. The third-order valence-electron chi connectivity index (χ3n) is 5.03. The summed E-state index contributed by atoms with van der Waals surface area (Å²) in [4.78, 5) is 47.4. The van der Waals surface area contributed by atoms with Gasteiger partial charge in [0, 0.05) is 23.8 Å². The Morgan fingerprint density at radius 1 is 0.929 bits per heavy atom. The van der Waals surface area contributed by atoms with E-state index in [1.807, 2.05) is 0 Å². The van der Waals surface area contributed by atoms with Crippen LogP contribution in [0, 0.1) is 0 Å². The van der Waals surface area contributed by atoms with Crippen LogP contribution in [0.5, 0.6) is 0 Å². The molecule has 2 aliphatic rings. The zero-order valence-corrected chi connectivity index (χ0v) is 16.4. The largest absolute Gasteiger partial charge is 0.480 e. The van der Waals surface area contributed by atoms with Gasteiger partial charge in [0.25, 0.3) is 5.91 Å². The second kappa shape index (κ2) is 7.47. The van der Waals surface area contributed by atoms with Crippen molar-refractivity contribution in [1.29, 1.82) is 0 Å². The SMILES string of the molecule is O=C(O)[C@H]1CCCN1C(=O)c1csc(-c2nc(N3CCC[C@@H]3C(=O)O)cs2)n1. The monoisotopic (exact) mass is 422 g/mol. The number of hydrogen-bond acceptors (Lipinski definition) is 8. The van der Waals surface area contributed by atoms with Gasteiger partial charge in [-0.2, -0.15) is 0 Å². The molecule has 2 aromatic heterocycles. The first kappa shape index (κ1) is 18.8. The Morgan fingerprint density at radius 3 is 2.32 bits per heavy atom. The third kappa shape index (κ3) is 3.35. The van der Waals surface area contributed by atoms with E-state index in [4.69, 9.17) is 0 Å². The van der Waals surface area contributed by atoms with Gasteiger partial charge < -0.3 is 20.0 Å². The molecule has 9 nitrogen and oxygen atoms in total. The fraction of sp³-hybridized carbons (Fsp3) is 0.471. The van der Waals surface area contributed by atoms with Crippen molar-refractivity contribution in [2.45, 2.75) is 37.8 Å². The molecule has 28 heavy (non-hydrogen) atoms. The van der Waals surface area contributed by atoms with E-state index in [2.05, 4.69) is 9.97 Å². The summed E-state index contributed by atoms with van der Waals surface area (Å²) >= 11 is 2.62. The molecule has 0 aliphatic carbocycles. The van der Waals surface area contributed by atoms with Crippen LogP contribution in [-0.2, 0) is 9.59 Å². The number of anilines is 1. The maximum absolute atomic E-state index is 12.7. The average Bonchev–Trinajstić information content (AvgIpc) is 3.47. The number of rotatable bonds is 5. The van der Waals surface area contributed by atoms with Crippen LogP contribution in [0.25, 0.3) is 10.0 Å². The number of carboxylic acids is 2. The highest BCUT2D eigenvalue weighted by molar-refractivity contribution is 7.20. The van der Waals surface area contributed by atoms with Crippen molar-refractivity contribution < 1.29 is 24.6 Å². The van der Waals surface area contributed by atoms with Gasteiger partial charge in [-0.1, -0.05) is 0 Å². The lowest BCUT2D eigenvalue weighted by Gasteiger charge is -2.20. The van der Waals surface area contributed by atoms with Gasteiger partial charge in [-0.3, -0.25) is 4.79 Å². The molecule has 2 N–H and O–H groups in total. The van der Waals surface area contributed by atoms with Crippen LogP contribution in [0.15, 0.2) is 10.8 Å². The molecule has 0 aromatic carbocycles. The summed E-state index contributed by atoms with van der Waals surface area (Å²) in [6.07, 6.45) is 2.52. The Balaban J connectivity index is 1.52. The standard InChI is InChI=1S/C17H18N4O5S2/c22-15(21-6-2-4-11(21)17(25)26)9-7-27-13(18-9)14-19-12(8-28-14)20-5-1-3-10(20)16(23)24/h7-8,10-11H,1-6H2,(H,23,24)(H,25,26)/t10-,11-/m1/s1. The molecule has 2 aliphatic heterocycles. The first-order chi connectivity index (χ1) is 13.5. The van der Waals surface area contributed by atoms with E-state index in [9.17, 15) is 24.6 Å². The number of carbonyl (C=O) groups is 3. The molecule has 2 saturated heterocycles. The van der Waals surface area contributed by atoms with Gasteiger partial charge in [0.05, 0.1) is 0 Å². The third-order valence-corrected chi connectivity index (χ3v) is 6.84. The molecule has 0 saturated carbocycles. The van der Waals surface area contributed by atoms with Gasteiger partial charge in [0.2, 0.25) is 0 Å². The predicted octanol–water partition coefficient (Wildman–Crippen LogP) is 2.01. The highest BCUT2D eigenvalue weighted by atomic mass is 32.1. The van der Waals surface area contributed by atoms with Crippen LogP contribution in [-0.4, -0.2) is 68.1 Å². The van der Waals surface area contributed by atoms with Crippen LogP contribution in [0.3, 0.4) is 0 Å². The van der Waals surface area contributed by atoms with E-state index in [0.29, 0.717) is 48.2 Å². The van der Waals surface area contributed by atoms with E-state index >= 15 is 0 Å². The number of aromatic nitrogens is 2. The predicted molar refractivity (Wildman–Crippen MR) is 103 cm³/mol. The van der Waals surface area contributed by atoms with Gasteiger partial charge in [0.15, 0.2) is 10.0 Å². The smallest absolute Gasteiger partial charge is 0.326 e. The van der Waals surface area contributed by atoms with E-state index in [0.717, 1.165) is 6.42 Å². The summed E-state index contributed by atoms with van der Waals surface area (Å²) in [5.41, 5.74) is 0.217. The lowest BCUT2D eigenvalue weighted by atomic mass is 10.2.